The van der Waals surface area contributed by atoms with Crippen molar-refractivity contribution < 1.29 is 24.2 Å². The van der Waals surface area contributed by atoms with Gasteiger partial charge in [0.15, 0.2) is 12.2 Å². The maximum Gasteiger partial charge on any atom is 0.332 e. The second-order valence-electron chi connectivity index (χ2n) is 4.48. The molecule has 0 fully saturated rings. The van der Waals surface area contributed by atoms with Crippen LogP contribution in [-0.2, 0) is 14.3 Å². The Morgan fingerprint density at radius 3 is 2.55 bits per heavy atom. The van der Waals surface area contributed by atoms with E-state index in [1.165, 1.54) is 13.0 Å². The zero-order chi connectivity index (χ0) is 16.7. The number of benzene rings is 1. The Morgan fingerprint density at radius 2 is 1.95 bits per heavy atom. The van der Waals surface area contributed by atoms with Crippen LogP contribution in [0.4, 0.5) is 0 Å². The van der Waals surface area contributed by atoms with Crippen molar-refractivity contribution in [3.8, 4) is 5.75 Å². The predicted molar refractivity (Wildman–Crippen MR) is 82.6 cm³/mol. The van der Waals surface area contributed by atoms with Crippen LogP contribution in [0, 0.1) is 0 Å². The molecule has 0 aromatic heterocycles. The van der Waals surface area contributed by atoms with Gasteiger partial charge >= 0.3 is 5.97 Å². The van der Waals surface area contributed by atoms with Gasteiger partial charge in [-0.25, -0.2) is 4.79 Å². The number of carbonyl (C=O) groups is 2. The lowest BCUT2D eigenvalue weighted by Gasteiger charge is -2.16. The van der Waals surface area contributed by atoms with Gasteiger partial charge in [-0.2, -0.15) is 0 Å². The molecule has 0 saturated heterocycles. The highest BCUT2D eigenvalue weighted by Crippen LogP contribution is 2.28. The number of hydrogen-bond donors (Lipinski definition) is 2. The maximum absolute atomic E-state index is 11.8. The van der Waals surface area contributed by atoms with E-state index in [-0.39, 0.29) is 19.1 Å². The minimum atomic E-state index is -1.06. The number of amides is 1. The fourth-order valence-corrected chi connectivity index (χ4v) is 1.89. The molecule has 0 heterocycles. The number of hydrogen-bond acceptors (Lipinski definition) is 4. The van der Waals surface area contributed by atoms with Gasteiger partial charge in [0.05, 0.1) is 11.6 Å². The van der Waals surface area contributed by atoms with Crippen molar-refractivity contribution in [2.45, 2.75) is 26.1 Å². The lowest BCUT2D eigenvalue weighted by atomic mass is 10.3. The Kier molecular flexibility index (Phi) is 7.44. The molecule has 0 bridgehead atoms. The number of carboxylic acid groups (broad SMARTS) is 1. The number of rotatable bonds is 8. The molecule has 2 atom stereocenters. The highest BCUT2D eigenvalue weighted by Gasteiger charge is 2.16. The average Bonchev–Trinajstić information content (AvgIpc) is 2.45. The third kappa shape index (κ3) is 6.09. The standard InChI is InChI=1S/C14H17Cl2NO5/c1-8(22-12-4-3-10(15)7-11(12)16)13(18)17-5-6-21-9(2)14(19)20/h3-4,7-9H,5-6H2,1-2H3,(H,17,18)(H,19,20). The van der Waals surface area contributed by atoms with Crippen LogP contribution in [-0.4, -0.2) is 42.3 Å². The number of nitrogens with one attached hydrogen (secondary N) is 1. The van der Waals surface area contributed by atoms with Crippen LogP contribution in [0.3, 0.4) is 0 Å². The number of aliphatic carboxylic acids is 1. The second-order valence-corrected chi connectivity index (χ2v) is 5.32. The van der Waals surface area contributed by atoms with E-state index in [0.717, 1.165) is 0 Å². The summed E-state index contributed by atoms with van der Waals surface area (Å²) in [4.78, 5) is 22.4. The number of ether oxygens (including phenoxy) is 2. The normalized spacial score (nSPS) is 13.3. The average molecular weight is 350 g/mol. The number of halogens is 2. The fraction of sp³-hybridized carbons (Fsp3) is 0.429. The number of carbonyl (C=O) groups excluding carboxylic acids is 1. The molecule has 122 valence electrons. The summed E-state index contributed by atoms with van der Waals surface area (Å²) in [5.74, 6) is -1.07. The van der Waals surface area contributed by atoms with Crippen LogP contribution in [0.25, 0.3) is 0 Å². The highest BCUT2D eigenvalue weighted by molar-refractivity contribution is 6.35. The molecule has 6 nitrogen and oxygen atoms in total. The molecule has 1 aromatic rings. The van der Waals surface area contributed by atoms with Crippen molar-refractivity contribution >= 4 is 35.1 Å². The zero-order valence-electron chi connectivity index (χ0n) is 12.1. The first-order valence-corrected chi connectivity index (χ1v) is 7.30. The van der Waals surface area contributed by atoms with Gasteiger partial charge in [0.25, 0.3) is 5.91 Å². The third-order valence-electron chi connectivity index (χ3n) is 2.68. The first kappa shape index (κ1) is 18.5. The van der Waals surface area contributed by atoms with Crippen molar-refractivity contribution in [1.29, 1.82) is 0 Å². The first-order valence-electron chi connectivity index (χ1n) is 6.55. The highest BCUT2D eigenvalue weighted by atomic mass is 35.5. The molecule has 1 rings (SSSR count). The molecule has 0 aliphatic heterocycles. The largest absolute Gasteiger partial charge is 0.479 e. The molecule has 0 aliphatic carbocycles. The molecule has 22 heavy (non-hydrogen) atoms. The lowest BCUT2D eigenvalue weighted by molar-refractivity contribution is -0.149. The SMILES string of the molecule is CC(OCCNC(=O)C(C)Oc1ccc(Cl)cc1Cl)C(=O)O. The second kappa shape index (κ2) is 8.82. The molecule has 0 spiro atoms. The molecule has 0 saturated carbocycles. The Hall–Kier alpha value is -1.50. The van der Waals surface area contributed by atoms with E-state index in [4.69, 9.17) is 37.8 Å². The maximum atomic E-state index is 11.8. The van der Waals surface area contributed by atoms with Crippen LogP contribution < -0.4 is 10.1 Å². The quantitative estimate of drug-likeness (QED) is 0.703. The van der Waals surface area contributed by atoms with E-state index in [1.807, 2.05) is 0 Å². The van der Waals surface area contributed by atoms with E-state index in [2.05, 4.69) is 5.32 Å². The Bertz CT molecular complexity index is 538. The summed E-state index contributed by atoms with van der Waals surface area (Å²) in [6.45, 7) is 3.26. The van der Waals surface area contributed by atoms with Gasteiger partial charge in [-0.15, -0.1) is 0 Å². The monoisotopic (exact) mass is 349 g/mol. The Labute approximate surface area is 138 Å². The Morgan fingerprint density at radius 1 is 1.27 bits per heavy atom. The summed E-state index contributed by atoms with van der Waals surface area (Å²) in [6.07, 6.45) is -1.69. The van der Waals surface area contributed by atoms with Gasteiger partial charge in [0, 0.05) is 11.6 Å². The molecule has 1 aromatic carbocycles. The van der Waals surface area contributed by atoms with Gasteiger partial charge in [0.1, 0.15) is 5.75 Å². The summed E-state index contributed by atoms with van der Waals surface area (Å²) in [7, 11) is 0. The van der Waals surface area contributed by atoms with E-state index in [9.17, 15) is 9.59 Å². The molecule has 8 heteroatoms. The van der Waals surface area contributed by atoms with Crippen LogP contribution >= 0.6 is 23.2 Å². The van der Waals surface area contributed by atoms with E-state index < -0.39 is 18.2 Å². The summed E-state index contributed by atoms with van der Waals surface area (Å²) < 4.78 is 10.4. The molecule has 2 unspecified atom stereocenters. The molecule has 2 N–H and O–H groups in total. The molecule has 0 radical (unpaired) electrons. The van der Waals surface area contributed by atoms with Crippen LogP contribution in [0.15, 0.2) is 18.2 Å². The zero-order valence-corrected chi connectivity index (χ0v) is 13.6. The van der Waals surface area contributed by atoms with Crippen molar-refractivity contribution in [3.63, 3.8) is 0 Å². The Balaban J connectivity index is 2.37. The lowest BCUT2D eigenvalue weighted by Crippen LogP contribution is -2.38. The molecular formula is C14H17Cl2NO5. The summed E-state index contributed by atoms with van der Waals surface area (Å²) in [6, 6.07) is 4.70. The van der Waals surface area contributed by atoms with Crippen molar-refractivity contribution in [2.75, 3.05) is 13.2 Å². The third-order valence-corrected chi connectivity index (χ3v) is 3.21. The number of carboxylic acids is 1. The van der Waals surface area contributed by atoms with Crippen molar-refractivity contribution in [3.05, 3.63) is 28.2 Å². The van der Waals surface area contributed by atoms with Crippen molar-refractivity contribution in [1.82, 2.24) is 5.32 Å². The van der Waals surface area contributed by atoms with Gasteiger partial charge in [-0.3, -0.25) is 4.79 Å². The van der Waals surface area contributed by atoms with Crippen molar-refractivity contribution in [2.24, 2.45) is 0 Å². The van der Waals surface area contributed by atoms with Gasteiger partial charge in [0.2, 0.25) is 0 Å². The van der Waals surface area contributed by atoms with E-state index in [0.29, 0.717) is 15.8 Å². The molecular weight excluding hydrogens is 333 g/mol. The fourth-order valence-electron chi connectivity index (χ4n) is 1.44. The smallest absolute Gasteiger partial charge is 0.332 e. The topological polar surface area (TPSA) is 84.9 Å². The predicted octanol–water partition coefficient (Wildman–Crippen LogP) is 2.37. The minimum absolute atomic E-state index is 0.0909. The molecule has 1 amide bonds. The van der Waals surface area contributed by atoms with E-state index in [1.54, 1.807) is 19.1 Å². The summed E-state index contributed by atoms with van der Waals surface area (Å²) in [5, 5.41) is 12.0. The van der Waals surface area contributed by atoms with Crippen LogP contribution in [0.1, 0.15) is 13.8 Å². The molecule has 0 aliphatic rings. The summed E-state index contributed by atoms with van der Waals surface area (Å²) in [5.41, 5.74) is 0. The minimum Gasteiger partial charge on any atom is -0.479 e. The van der Waals surface area contributed by atoms with Crippen LogP contribution in [0.5, 0.6) is 5.75 Å². The van der Waals surface area contributed by atoms with Gasteiger partial charge < -0.3 is 19.9 Å². The van der Waals surface area contributed by atoms with E-state index >= 15 is 0 Å². The van der Waals surface area contributed by atoms with Crippen LogP contribution in [0.2, 0.25) is 10.0 Å². The van der Waals surface area contributed by atoms with Gasteiger partial charge in [-0.05, 0) is 32.0 Å². The first-order chi connectivity index (χ1) is 10.3. The summed E-state index contributed by atoms with van der Waals surface area (Å²) >= 11 is 11.7. The van der Waals surface area contributed by atoms with Gasteiger partial charge in [-0.1, -0.05) is 23.2 Å².